The number of imidazole rings is 1. The van der Waals surface area contributed by atoms with Gasteiger partial charge in [-0.15, -0.1) is 11.3 Å². The van der Waals surface area contributed by atoms with Gasteiger partial charge >= 0.3 is 0 Å². The van der Waals surface area contributed by atoms with Crippen molar-refractivity contribution >= 4 is 27.4 Å². The Morgan fingerprint density at radius 1 is 1.23 bits per heavy atom. The number of fused-ring (bicyclic) bond motifs is 1. The highest BCUT2D eigenvalue weighted by Crippen LogP contribution is 2.40. The van der Waals surface area contributed by atoms with Crippen molar-refractivity contribution in [2.45, 2.75) is 25.6 Å². The third kappa shape index (κ3) is 3.94. The second kappa shape index (κ2) is 8.74. The summed E-state index contributed by atoms with van der Waals surface area (Å²) in [6.45, 7) is 2.03. The fraction of sp³-hybridized carbons (Fsp3) is 0.348. The van der Waals surface area contributed by atoms with Crippen molar-refractivity contribution in [3.63, 3.8) is 0 Å². The molecule has 1 aromatic carbocycles. The SMILES string of the molecule is COCc1nc(N2CCC(C(O)c3ncc[nH]3)CC2)c2c(-c3ccccc3)csc2n1. The molecule has 7 nitrogen and oxygen atoms in total. The summed E-state index contributed by atoms with van der Waals surface area (Å²) in [5.74, 6) is 2.48. The summed E-state index contributed by atoms with van der Waals surface area (Å²) in [5.41, 5.74) is 2.33. The van der Waals surface area contributed by atoms with Crippen LogP contribution in [0.25, 0.3) is 21.3 Å². The van der Waals surface area contributed by atoms with Crippen LogP contribution in [0.1, 0.15) is 30.6 Å². The van der Waals surface area contributed by atoms with Crippen LogP contribution in [0, 0.1) is 5.92 Å². The average molecular weight is 436 g/mol. The Morgan fingerprint density at radius 3 is 2.74 bits per heavy atom. The summed E-state index contributed by atoms with van der Waals surface area (Å²) in [4.78, 5) is 20.2. The Hall–Kier alpha value is -2.81. The zero-order valence-corrected chi connectivity index (χ0v) is 18.2. The predicted octanol–water partition coefficient (Wildman–Crippen LogP) is 4.18. The molecule has 1 aliphatic heterocycles. The van der Waals surface area contributed by atoms with Gasteiger partial charge in [0.25, 0.3) is 0 Å². The minimum absolute atomic E-state index is 0.175. The van der Waals surface area contributed by atoms with Crippen LogP contribution in [-0.4, -0.2) is 45.2 Å². The van der Waals surface area contributed by atoms with Gasteiger partial charge in [-0.25, -0.2) is 15.0 Å². The number of piperidine rings is 1. The number of hydrogen-bond acceptors (Lipinski definition) is 7. The normalized spacial score (nSPS) is 16.1. The van der Waals surface area contributed by atoms with Crippen LogP contribution in [0.2, 0.25) is 0 Å². The lowest BCUT2D eigenvalue weighted by Gasteiger charge is -2.35. The molecule has 1 unspecified atom stereocenters. The summed E-state index contributed by atoms with van der Waals surface area (Å²) in [6.07, 6.45) is 4.62. The van der Waals surface area contributed by atoms with Crippen LogP contribution >= 0.6 is 11.3 Å². The number of benzene rings is 1. The van der Waals surface area contributed by atoms with Crippen molar-refractivity contribution < 1.29 is 9.84 Å². The van der Waals surface area contributed by atoms with E-state index >= 15 is 0 Å². The molecule has 31 heavy (non-hydrogen) atoms. The highest BCUT2D eigenvalue weighted by molar-refractivity contribution is 7.17. The number of anilines is 1. The van der Waals surface area contributed by atoms with E-state index in [0.29, 0.717) is 18.3 Å². The molecule has 1 fully saturated rings. The van der Waals surface area contributed by atoms with E-state index in [0.717, 1.165) is 47.5 Å². The fourth-order valence-electron chi connectivity index (χ4n) is 4.31. The standard InChI is InChI=1S/C23H25N5O2S/c1-30-13-18-26-22(19-17(14-31-23(19)27-18)15-5-3-2-4-6-15)28-11-7-16(8-12-28)20(29)21-24-9-10-25-21/h2-6,9-10,14,16,20,29H,7-8,11-13H2,1H3,(H,24,25). The van der Waals surface area contributed by atoms with Gasteiger partial charge in [0.1, 0.15) is 29.2 Å². The smallest absolute Gasteiger partial charge is 0.158 e. The van der Waals surface area contributed by atoms with Gasteiger partial charge in [0, 0.05) is 43.5 Å². The van der Waals surface area contributed by atoms with Crippen molar-refractivity contribution in [1.82, 2.24) is 19.9 Å². The molecule has 2 N–H and O–H groups in total. The quantitative estimate of drug-likeness (QED) is 0.473. The maximum Gasteiger partial charge on any atom is 0.158 e. The molecule has 4 aromatic rings. The van der Waals surface area contributed by atoms with Crippen molar-refractivity contribution in [2.24, 2.45) is 5.92 Å². The number of aromatic nitrogens is 4. The van der Waals surface area contributed by atoms with Crippen LogP contribution in [0.3, 0.4) is 0 Å². The molecule has 8 heteroatoms. The number of aliphatic hydroxyl groups excluding tert-OH is 1. The minimum atomic E-state index is -0.562. The number of H-pyrrole nitrogens is 1. The molecule has 5 rings (SSSR count). The van der Waals surface area contributed by atoms with Gasteiger partial charge in [0.15, 0.2) is 5.82 Å². The van der Waals surface area contributed by atoms with Gasteiger partial charge < -0.3 is 19.7 Å². The van der Waals surface area contributed by atoms with E-state index in [1.807, 2.05) is 6.07 Å². The molecule has 0 amide bonds. The van der Waals surface area contributed by atoms with Gasteiger partial charge in [-0.05, 0) is 24.3 Å². The number of rotatable bonds is 6. The van der Waals surface area contributed by atoms with Crippen molar-refractivity contribution in [1.29, 1.82) is 0 Å². The molecule has 0 spiro atoms. The van der Waals surface area contributed by atoms with E-state index in [9.17, 15) is 5.11 Å². The first-order valence-corrected chi connectivity index (χ1v) is 11.4. The molecule has 3 aromatic heterocycles. The first-order chi connectivity index (χ1) is 15.2. The van der Waals surface area contributed by atoms with Crippen molar-refractivity contribution in [3.05, 3.63) is 59.8 Å². The number of thiophene rings is 1. The van der Waals surface area contributed by atoms with Crippen LogP contribution in [0.15, 0.2) is 48.1 Å². The van der Waals surface area contributed by atoms with E-state index in [1.165, 1.54) is 5.56 Å². The maximum absolute atomic E-state index is 10.7. The van der Waals surface area contributed by atoms with Gasteiger partial charge in [0.05, 0.1) is 5.39 Å². The Kier molecular flexibility index (Phi) is 5.67. The summed E-state index contributed by atoms with van der Waals surface area (Å²) >= 11 is 1.64. The second-order valence-electron chi connectivity index (χ2n) is 7.84. The lowest BCUT2D eigenvalue weighted by molar-refractivity contribution is 0.0856. The molecule has 0 bridgehead atoms. The molecular formula is C23H25N5O2S. The topological polar surface area (TPSA) is 87.2 Å². The summed E-state index contributed by atoms with van der Waals surface area (Å²) in [7, 11) is 1.67. The molecule has 1 atom stereocenters. The monoisotopic (exact) mass is 435 g/mol. The van der Waals surface area contributed by atoms with Crippen molar-refractivity contribution in [3.8, 4) is 11.1 Å². The number of aliphatic hydroxyl groups is 1. The van der Waals surface area contributed by atoms with E-state index < -0.39 is 6.10 Å². The van der Waals surface area contributed by atoms with Gasteiger partial charge in [-0.1, -0.05) is 30.3 Å². The molecule has 160 valence electrons. The van der Waals surface area contributed by atoms with Crippen LogP contribution in [0.5, 0.6) is 0 Å². The fourth-order valence-corrected chi connectivity index (χ4v) is 5.27. The number of nitrogens with zero attached hydrogens (tertiary/aromatic N) is 4. The molecular weight excluding hydrogens is 410 g/mol. The average Bonchev–Trinajstić information content (AvgIpc) is 3.49. The zero-order chi connectivity index (χ0) is 21.2. The largest absolute Gasteiger partial charge is 0.385 e. The first kappa shape index (κ1) is 20.1. The Balaban J connectivity index is 1.48. The van der Waals surface area contributed by atoms with Gasteiger partial charge in [0.2, 0.25) is 0 Å². The molecule has 4 heterocycles. The number of hydrogen-bond donors (Lipinski definition) is 2. The third-order valence-electron chi connectivity index (χ3n) is 5.90. The lowest BCUT2D eigenvalue weighted by Crippen LogP contribution is -2.36. The number of nitrogens with one attached hydrogen (secondary N) is 1. The summed E-state index contributed by atoms with van der Waals surface area (Å²) in [6, 6.07) is 10.4. The molecule has 1 aliphatic rings. The molecule has 0 radical (unpaired) electrons. The lowest BCUT2D eigenvalue weighted by atomic mass is 9.90. The first-order valence-electron chi connectivity index (χ1n) is 10.5. The number of ether oxygens (including phenoxy) is 1. The Labute approximate surface area is 184 Å². The van der Waals surface area contributed by atoms with Crippen LogP contribution < -0.4 is 4.90 Å². The predicted molar refractivity (Wildman–Crippen MR) is 122 cm³/mol. The van der Waals surface area contributed by atoms with Crippen LogP contribution in [0.4, 0.5) is 5.82 Å². The molecule has 1 saturated heterocycles. The molecule has 0 saturated carbocycles. The number of aromatic amines is 1. The van der Waals surface area contributed by atoms with E-state index in [1.54, 1.807) is 30.8 Å². The molecule has 0 aliphatic carbocycles. The summed E-state index contributed by atoms with van der Waals surface area (Å²) < 4.78 is 5.32. The maximum atomic E-state index is 10.7. The van der Waals surface area contributed by atoms with E-state index in [-0.39, 0.29) is 5.92 Å². The Morgan fingerprint density at radius 2 is 2.03 bits per heavy atom. The zero-order valence-electron chi connectivity index (χ0n) is 17.4. The van der Waals surface area contributed by atoms with E-state index in [4.69, 9.17) is 14.7 Å². The Bertz CT molecular complexity index is 1140. The second-order valence-corrected chi connectivity index (χ2v) is 8.69. The van der Waals surface area contributed by atoms with Crippen LogP contribution in [-0.2, 0) is 11.3 Å². The van der Waals surface area contributed by atoms with Gasteiger partial charge in [-0.2, -0.15) is 0 Å². The summed E-state index contributed by atoms with van der Waals surface area (Å²) in [5, 5.41) is 14.0. The highest BCUT2D eigenvalue weighted by atomic mass is 32.1. The van der Waals surface area contributed by atoms with Crippen molar-refractivity contribution in [2.75, 3.05) is 25.1 Å². The van der Waals surface area contributed by atoms with E-state index in [2.05, 4.69) is 44.5 Å². The third-order valence-corrected chi connectivity index (χ3v) is 6.78. The van der Waals surface area contributed by atoms with Gasteiger partial charge in [-0.3, -0.25) is 0 Å². The number of methoxy groups -OCH3 is 1. The highest BCUT2D eigenvalue weighted by Gasteiger charge is 2.29. The minimum Gasteiger partial charge on any atom is -0.385 e.